The van der Waals surface area contributed by atoms with Crippen LogP contribution in [0.2, 0.25) is 0 Å². The number of amides is 2. The number of nitriles is 1. The van der Waals surface area contributed by atoms with Crippen LogP contribution in [0.15, 0.2) is 46.7 Å². The van der Waals surface area contributed by atoms with Crippen LogP contribution in [0.3, 0.4) is 0 Å². The molecule has 1 aliphatic heterocycles. The predicted octanol–water partition coefficient (Wildman–Crippen LogP) is 3.78. The van der Waals surface area contributed by atoms with E-state index in [-0.39, 0.29) is 24.6 Å². The van der Waals surface area contributed by atoms with Crippen LogP contribution in [-0.2, 0) is 0 Å². The molecule has 0 spiro atoms. The lowest BCUT2D eigenvalue weighted by Crippen LogP contribution is -2.56. The molecule has 9 heteroatoms. The zero-order chi connectivity index (χ0) is 25.1. The van der Waals surface area contributed by atoms with Gasteiger partial charge in [0.05, 0.1) is 36.7 Å². The smallest absolute Gasteiger partial charge is 0.318 e. The first-order valence-corrected chi connectivity index (χ1v) is 12.3. The van der Waals surface area contributed by atoms with Gasteiger partial charge in [0.2, 0.25) is 0 Å². The SMILES string of the molecule is CC(C)(CO)N(CCCC=C(CCCN)C1=CCN(O)C=C1)C(=O)NC1C=C(Cl)[C@H](C#N)CC1. The number of aliphatic hydroxyl groups excluding tert-OH is 1. The summed E-state index contributed by atoms with van der Waals surface area (Å²) in [7, 11) is 0. The first-order valence-electron chi connectivity index (χ1n) is 11.9. The predicted molar refractivity (Wildman–Crippen MR) is 134 cm³/mol. The molecule has 2 aliphatic rings. The second-order valence-electron chi connectivity index (χ2n) is 9.35. The van der Waals surface area contributed by atoms with Crippen molar-refractivity contribution in [3.05, 3.63) is 46.7 Å². The Bertz CT molecular complexity index is 859. The average Bonchev–Trinajstić information content (AvgIpc) is 2.81. The number of carbonyl (C=O) groups excluding carboxylic acids is 1. The fourth-order valence-corrected chi connectivity index (χ4v) is 4.33. The summed E-state index contributed by atoms with van der Waals surface area (Å²) in [5, 5.41) is 33.2. The van der Waals surface area contributed by atoms with Crippen molar-refractivity contribution >= 4 is 17.6 Å². The Balaban J connectivity index is 2.02. The van der Waals surface area contributed by atoms with E-state index < -0.39 is 5.54 Å². The number of nitrogens with two attached hydrogens (primary N) is 1. The number of hydrogen-bond acceptors (Lipinski definition) is 6. The molecule has 5 N–H and O–H groups in total. The van der Waals surface area contributed by atoms with E-state index in [0.29, 0.717) is 37.5 Å². The third-order valence-electron chi connectivity index (χ3n) is 6.21. The van der Waals surface area contributed by atoms with E-state index in [0.717, 1.165) is 36.3 Å². The normalized spacial score (nSPS) is 21.0. The Labute approximate surface area is 208 Å². The molecule has 2 atom stereocenters. The van der Waals surface area contributed by atoms with Crippen molar-refractivity contribution in [2.24, 2.45) is 11.7 Å². The quantitative estimate of drug-likeness (QED) is 0.326. The maximum Gasteiger partial charge on any atom is 0.318 e. The summed E-state index contributed by atoms with van der Waals surface area (Å²) in [6, 6.07) is 1.68. The lowest BCUT2D eigenvalue weighted by Gasteiger charge is -2.38. The van der Waals surface area contributed by atoms with Crippen molar-refractivity contribution in [2.75, 3.05) is 26.2 Å². The molecule has 1 heterocycles. The average molecular weight is 492 g/mol. The summed E-state index contributed by atoms with van der Waals surface area (Å²) in [5.41, 5.74) is 7.24. The van der Waals surface area contributed by atoms with Gasteiger partial charge in [-0.05, 0) is 82.2 Å². The van der Waals surface area contributed by atoms with Crippen molar-refractivity contribution in [3.63, 3.8) is 0 Å². The number of urea groups is 1. The summed E-state index contributed by atoms with van der Waals surface area (Å²) in [6.45, 7) is 5.04. The van der Waals surface area contributed by atoms with Crippen molar-refractivity contribution in [1.82, 2.24) is 15.3 Å². The molecule has 1 unspecified atom stereocenters. The van der Waals surface area contributed by atoms with E-state index >= 15 is 0 Å². The molecule has 0 aromatic heterocycles. The summed E-state index contributed by atoms with van der Waals surface area (Å²) in [5.74, 6) is -0.311. The van der Waals surface area contributed by atoms with Gasteiger partial charge in [0, 0.05) is 17.8 Å². The van der Waals surface area contributed by atoms with Gasteiger partial charge in [-0.2, -0.15) is 5.26 Å². The molecule has 0 fully saturated rings. The third-order valence-corrected chi connectivity index (χ3v) is 6.60. The second kappa shape index (κ2) is 13.5. The summed E-state index contributed by atoms with van der Waals surface area (Å²) in [6.07, 6.45) is 13.9. The minimum Gasteiger partial charge on any atom is -0.394 e. The van der Waals surface area contributed by atoms with Gasteiger partial charge in [-0.3, -0.25) is 10.3 Å². The van der Waals surface area contributed by atoms with E-state index in [4.69, 9.17) is 22.6 Å². The van der Waals surface area contributed by atoms with Gasteiger partial charge in [0.15, 0.2) is 0 Å². The van der Waals surface area contributed by atoms with Crippen LogP contribution in [0, 0.1) is 17.2 Å². The van der Waals surface area contributed by atoms with E-state index in [2.05, 4.69) is 17.5 Å². The molecular formula is C25H38ClN5O3. The van der Waals surface area contributed by atoms with Gasteiger partial charge in [-0.1, -0.05) is 23.8 Å². The fourth-order valence-electron chi connectivity index (χ4n) is 4.02. The number of rotatable bonds is 11. The Morgan fingerprint density at radius 1 is 1.44 bits per heavy atom. The van der Waals surface area contributed by atoms with E-state index in [9.17, 15) is 15.1 Å². The first kappa shape index (κ1) is 27.9. The molecule has 0 saturated carbocycles. The Morgan fingerprint density at radius 3 is 2.79 bits per heavy atom. The highest BCUT2D eigenvalue weighted by atomic mass is 35.5. The maximum absolute atomic E-state index is 13.1. The topological polar surface area (TPSA) is 126 Å². The Hall–Kier alpha value is -2.31. The molecule has 0 saturated heterocycles. The van der Waals surface area contributed by atoms with Crippen LogP contribution in [0.1, 0.15) is 52.4 Å². The van der Waals surface area contributed by atoms with Crippen LogP contribution in [-0.4, -0.2) is 64.1 Å². The van der Waals surface area contributed by atoms with Crippen molar-refractivity contribution in [3.8, 4) is 6.07 Å². The van der Waals surface area contributed by atoms with Gasteiger partial charge in [-0.15, -0.1) is 0 Å². The molecule has 34 heavy (non-hydrogen) atoms. The number of aliphatic hydroxyl groups is 1. The van der Waals surface area contributed by atoms with Gasteiger partial charge in [0.1, 0.15) is 0 Å². The summed E-state index contributed by atoms with van der Waals surface area (Å²) >= 11 is 6.19. The summed E-state index contributed by atoms with van der Waals surface area (Å²) < 4.78 is 0. The first-order chi connectivity index (χ1) is 16.2. The van der Waals surface area contributed by atoms with Crippen LogP contribution in [0.25, 0.3) is 0 Å². The van der Waals surface area contributed by atoms with Crippen molar-refractivity contribution in [1.29, 1.82) is 5.26 Å². The Kier molecular flexibility index (Phi) is 11.1. The molecule has 0 aromatic rings. The highest BCUT2D eigenvalue weighted by Crippen LogP contribution is 2.28. The van der Waals surface area contributed by atoms with E-state index in [1.807, 2.05) is 26.0 Å². The molecule has 0 radical (unpaired) electrons. The molecule has 0 bridgehead atoms. The van der Waals surface area contributed by atoms with Crippen LogP contribution < -0.4 is 11.1 Å². The lowest BCUT2D eigenvalue weighted by molar-refractivity contribution is -0.0305. The number of hydroxylamine groups is 2. The minimum absolute atomic E-state index is 0.162. The van der Waals surface area contributed by atoms with Crippen LogP contribution in [0.4, 0.5) is 4.79 Å². The lowest BCUT2D eigenvalue weighted by atomic mass is 9.93. The molecule has 2 rings (SSSR count). The van der Waals surface area contributed by atoms with Gasteiger partial charge in [0.25, 0.3) is 0 Å². The number of nitrogens with one attached hydrogen (secondary N) is 1. The van der Waals surface area contributed by atoms with E-state index in [1.165, 1.54) is 5.57 Å². The van der Waals surface area contributed by atoms with Crippen LogP contribution >= 0.6 is 11.6 Å². The highest BCUT2D eigenvalue weighted by Gasteiger charge is 2.32. The standard InChI is InChI=1S/C25H38ClN5O3/c1-25(2,18-32)31(24(33)29-22-9-8-21(17-28)23(26)16-22)13-4-3-6-19(7-5-12-27)20-10-14-30(34)15-11-20/h6,10-11,14,16,21-22,32,34H,3-5,7-9,12-13,15,18,27H2,1-2H3,(H,29,33)/t21-,22?/m0/s1. The highest BCUT2D eigenvalue weighted by molar-refractivity contribution is 6.30. The van der Waals surface area contributed by atoms with Crippen LogP contribution in [0.5, 0.6) is 0 Å². The maximum atomic E-state index is 13.1. The zero-order valence-electron chi connectivity index (χ0n) is 20.2. The molecule has 2 amide bonds. The third kappa shape index (κ3) is 8.17. The number of unbranched alkanes of at least 4 members (excludes halogenated alkanes) is 1. The van der Waals surface area contributed by atoms with Crippen molar-refractivity contribution in [2.45, 2.75) is 64.0 Å². The molecule has 1 aliphatic carbocycles. The number of nitrogens with zero attached hydrogens (tertiary/aromatic N) is 3. The summed E-state index contributed by atoms with van der Waals surface area (Å²) in [4.78, 5) is 14.8. The zero-order valence-corrected chi connectivity index (χ0v) is 21.0. The monoisotopic (exact) mass is 491 g/mol. The minimum atomic E-state index is -0.729. The van der Waals surface area contributed by atoms with Gasteiger partial charge in [-0.25, -0.2) is 4.79 Å². The van der Waals surface area contributed by atoms with E-state index in [1.54, 1.807) is 17.2 Å². The largest absolute Gasteiger partial charge is 0.394 e. The number of carbonyl (C=O) groups is 1. The molecular weight excluding hydrogens is 454 g/mol. The number of hydrogen-bond donors (Lipinski definition) is 4. The number of halogens is 1. The molecule has 8 nitrogen and oxygen atoms in total. The van der Waals surface area contributed by atoms with Gasteiger partial charge >= 0.3 is 6.03 Å². The molecule has 188 valence electrons. The Morgan fingerprint density at radius 2 is 2.21 bits per heavy atom. The fraction of sp³-hybridized carbons (Fsp3) is 0.600. The van der Waals surface area contributed by atoms with Gasteiger partial charge < -0.3 is 21.1 Å². The number of allylic oxidation sites excluding steroid dienone is 5. The molecule has 0 aromatic carbocycles. The van der Waals surface area contributed by atoms with Crippen molar-refractivity contribution < 1.29 is 15.1 Å². The second-order valence-corrected chi connectivity index (χ2v) is 9.79.